The number of fused-ring (bicyclic) bond motifs is 1. The van der Waals surface area contributed by atoms with Crippen molar-refractivity contribution in [3.05, 3.63) is 18.2 Å². The van der Waals surface area contributed by atoms with Crippen molar-refractivity contribution in [2.45, 2.75) is 6.92 Å². The molecule has 1 heterocycles. The quantitative estimate of drug-likeness (QED) is 0.696. The molecule has 0 spiro atoms. The summed E-state index contributed by atoms with van der Waals surface area (Å²) in [7, 11) is 0. The Bertz CT molecular complexity index is 304. The molecule has 2 rings (SSSR count). The van der Waals surface area contributed by atoms with Crippen molar-refractivity contribution in [3.8, 4) is 0 Å². The summed E-state index contributed by atoms with van der Waals surface area (Å²) >= 11 is 0. The SMILES string of the molecule is CCNc1ccc2c(c1)N=N2. The number of hydrogen-bond donors (Lipinski definition) is 1. The molecule has 0 radical (unpaired) electrons. The Morgan fingerprint density at radius 2 is 2.09 bits per heavy atom. The molecule has 1 aromatic carbocycles. The molecule has 1 N–H and O–H groups in total. The van der Waals surface area contributed by atoms with Crippen LogP contribution < -0.4 is 5.32 Å². The molecule has 0 unspecified atom stereocenters. The fourth-order valence-corrected chi connectivity index (χ4v) is 1.07. The molecule has 56 valence electrons. The number of benzene rings is 1. The van der Waals surface area contributed by atoms with Crippen LogP contribution in [-0.2, 0) is 0 Å². The van der Waals surface area contributed by atoms with Crippen molar-refractivity contribution in [1.82, 2.24) is 0 Å². The summed E-state index contributed by atoms with van der Waals surface area (Å²) in [6.45, 7) is 3.01. The first-order chi connectivity index (χ1) is 5.40. The van der Waals surface area contributed by atoms with E-state index in [1.807, 2.05) is 18.2 Å². The van der Waals surface area contributed by atoms with Crippen molar-refractivity contribution in [3.63, 3.8) is 0 Å². The first-order valence-electron chi connectivity index (χ1n) is 3.70. The van der Waals surface area contributed by atoms with Crippen LogP contribution in [0.15, 0.2) is 28.4 Å². The van der Waals surface area contributed by atoms with E-state index in [2.05, 4.69) is 22.5 Å². The third-order valence-corrected chi connectivity index (χ3v) is 1.62. The van der Waals surface area contributed by atoms with Gasteiger partial charge in [-0.05, 0) is 25.1 Å². The minimum Gasteiger partial charge on any atom is -0.385 e. The molecule has 0 aromatic heterocycles. The maximum atomic E-state index is 3.86. The minimum atomic E-state index is 0.940. The first kappa shape index (κ1) is 6.34. The van der Waals surface area contributed by atoms with Crippen LogP contribution in [0.4, 0.5) is 17.1 Å². The largest absolute Gasteiger partial charge is 0.385 e. The van der Waals surface area contributed by atoms with Gasteiger partial charge in [-0.2, -0.15) is 0 Å². The van der Waals surface area contributed by atoms with Gasteiger partial charge >= 0.3 is 0 Å². The van der Waals surface area contributed by atoms with Gasteiger partial charge < -0.3 is 5.32 Å². The molecule has 0 aliphatic carbocycles. The Balaban J connectivity index is 2.27. The van der Waals surface area contributed by atoms with Crippen molar-refractivity contribution in [2.75, 3.05) is 11.9 Å². The standard InChI is InChI=1S/C8H9N3/c1-2-9-6-3-4-7-8(5-6)11-10-7/h3-5,9H,2H2,1H3. The summed E-state index contributed by atoms with van der Waals surface area (Å²) in [5.74, 6) is 0. The van der Waals surface area contributed by atoms with Crippen LogP contribution in [-0.4, -0.2) is 6.54 Å². The summed E-state index contributed by atoms with van der Waals surface area (Å²) in [6.07, 6.45) is 0. The number of rotatable bonds is 2. The second kappa shape index (κ2) is 2.34. The molecule has 0 fully saturated rings. The molecule has 1 aliphatic rings. The van der Waals surface area contributed by atoms with Gasteiger partial charge in [0, 0.05) is 12.2 Å². The second-order valence-electron chi connectivity index (χ2n) is 2.43. The van der Waals surface area contributed by atoms with Crippen molar-refractivity contribution in [1.29, 1.82) is 0 Å². The van der Waals surface area contributed by atoms with Gasteiger partial charge in [-0.25, -0.2) is 0 Å². The zero-order valence-corrected chi connectivity index (χ0v) is 6.33. The van der Waals surface area contributed by atoms with E-state index < -0.39 is 0 Å². The van der Waals surface area contributed by atoms with E-state index in [4.69, 9.17) is 0 Å². The van der Waals surface area contributed by atoms with Crippen molar-refractivity contribution in [2.24, 2.45) is 10.2 Å². The molecule has 3 nitrogen and oxygen atoms in total. The van der Waals surface area contributed by atoms with Gasteiger partial charge in [-0.1, -0.05) is 0 Å². The predicted molar refractivity (Wildman–Crippen MR) is 44.8 cm³/mol. The summed E-state index contributed by atoms with van der Waals surface area (Å²) in [4.78, 5) is 0. The van der Waals surface area contributed by atoms with Gasteiger partial charge in [0.1, 0.15) is 11.4 Å². The van der Waals surface area contributed by atoms with Gasteiger partial charge in [0.25, 0.3) is 0 Å². The Kier molecular flexibility index (Phi) is 1.35. The summed E-state index contributed by atoms with van der Waals surface area (Å²) in [5, 5.41) is 10.9. The van der Waals surface area contributed by atoms with E-state index >= 15 is 0 Å². The molecule has 0 saturated heterocycles. The molecule has 1 aliphatic heterocycles. The second-order valence-corrected chi connectivity index (χ2v) is 2.43. The fourth-order valence-electron chi connectivity index (χ4n) is 1.07. The molecule has 0 saturated carbocycles. The normalized spacial score (nSPS) is 12.1. The third kappa shape index (κ3) is 0.981. The van der Waals surface area contributed by atoms with Gasteiger partial charge in [-0.3, -0.25) is 0 Å². The van der Waals surface area contributed by atoms with E-state index in [1.165, 1.54) is 0 Å². The Morgan fingerprint density at radius 1 is 1.27 bits per heavy atom. The Morgan fingerprint density at radius 3 is 2.64 bits per heavy atom. The number of anilines is 1. The summed E-state index contributed by atoms with van der Waals surface area (Å²) in [6, 6.07) is 5.99. The van der Waals surface area contributed by atoms with E-state index in [9.17, 15) is 0 Å². The Hall–Kier alpha value is -1.38. The molecule has 0 amide bonds. The van der Waals surface area contributed by atoms with Crippen LogP contribution >= 0.6 is 0 Å². The average molecular weight is 147 g/mol. The highest BCUT2D eigenvalue weighted by molar-refractivity contribution is 5.71. The fraction of sp³-hybridized carbons (Fsp3) is 0.250. The summed E-state index contributed by atoms with van der Waals surface area (Å²) < 4.78 is 0. The monoisotopic (exact) mass is 147 g/mol. The number of nitrogens with zero attached hydrogens (tertiary/aromatic N) is 2. The van der Waals surface area contributed by atoms with Crippen LogP contribution in [0.3, 0.4) is 0 Å². The van der Waals surface area contributed by atoms with Crippen molar-refractivity contribution < 1.29 is 0 Å². The lowest BCUT2D eigenvalue weighted by Crippen LogP contribution is -1.95. The molecule has 11 heavy (non-hydrogen) atoms. The third-order valence-electron chi connectivity index (χ3n) is 1.62. The van der Waals surface area contributed by atoms with E-state index in [-0.39, 0.29) is 0 Å². The van der Waals surface area contributed by atoms with Gasteiger partial charge in [0.05, 0.1) is 0 Å². The molecular formula is C8H9N3. The van der Waals surface area contributed by atoms with Crippen LogP contribution in [0.25, 0.3) is 0 Å². The number of azo groups is 1. The van der Waals surface area contributed by atoms with Gasteiger partial charge in [0.15, 0.2) is 0 Å². The lowest BCUT2D eigenvalue weighted by Gasteiger charge is -2.09. The number of nitrogens with one attached hydrogen (secondary N) is 1. The van der Waals surface area contributed by atoms with Crippen molar-refractivity contribution >= 4 is 17.1 Å². The Labute approximate surface area is 65.2 Å². The lowest BCUT2D eigenvalue weighted by molar-refractivity contribution is 1.13. The maximum Gasteiger partial charge on any atom is 0.115 e. The summed E-state index contributed by atoms with van der Waals surface area (Å²) in [5.41, 5.74) is 3.10. The first-order valence-corrected chi connectivity index (χ1v) is 3.70. The molecule has 0 atom stereocenters. The molecule has 1 aromatic rings. The van der Waals surface area contributed by atoms with E-state index in [1.54, 1.807) is 0 Å². The molecule has 0 bridgehead atoms. The molecule has 3 heteroatoms. The van der Waals surface area contributed by atoms with Crippen LogP contribution in [0, 0.1) is 0 Å². The number of hydrogen-bond acceptors (Lipinski definition) is 3. The van der Waals surface area contributed by atoms with Gasteiger partial charge in [-0.15, -0.1) is 10.2 Å². The zero-order chi connectivity index (χ0) is 7.68. The lowest BCUT2D eigenvalue weighted by atomic mass is 10.2. The van der Waals surface area contributed by atoms with E-state index in [0.29, 0.717) is 0 Å². The topological polar surface area (TPSA) is 36.8 Å². The predicted octanol–water partition coefficient (Wildman–Crippen LogP) is 2.85. The average Bonchev–Trinajstić information content (AvgIpc) is 1.96. The van der Waals surface area contributed by atoms with E-state index in [0.717, 1.165) is 23.6 Å². The van der Waals surface area contributed by atoms with Crippen LogP contribution in [0.1, 0.15) is 6.92 Å². The highest BCUT2D eigenvalue weighted by atomic mass is 15.2. The maximum absolute atomic E-state index is 3.86. The van der Waals surface area contributed by atoms with Crippen LogP contribution in [0.5, 0.6) is 0 Å². The highest BCUT2D eigenvalue weighted by Gasteiger charge is 2.08. The highest BCUT2D eigenvalue weighted by Crippen LogP contribution is 2.38. The van der Waals surface area contributed by atoms with Crippen LogP contribution in [0.2, 0.25) is 0 Å². The molecular weight excluding hydrogens is 138 g/mol. The smallest absolute Gasteiger partial charge is 0.115 e. The van der Waals surface area contributed by atoms with Gasteiger partial charge in [0.2, 0.25) is 0 Å². The zero-order valence-electron chi connectivity index (χ0n) is 6.33. The minimum absolute atomic E-state index is 0.940.